The number of esters is 3. The minimum absolute atomic E-state index is 0.202. The highest BCUT2D eigenvalue weighted by Gasteiger charge is 2.14. The van der Waals surface area contributed by atoms with Crippen molar-refractivity contribution < 1.29 is 42.8 Å². The number of rotatable bonds is 18. The Labute approximate surface area is 336 Å². The molecule has 0 amide bonds. The molecule has 0 aromatic heterocycles. The average Bonchev–Trinajstić information content (AvgIpc) is 3.27. The van der Waals surface area contributed by atoms with Crippen LogP contribution < -0.4 is 19.1 Å². The van der Waals surface area contributed by atoms with Gasteiger partial charge in [0.1, 0.15) is 17.2 Å². The molecule has 0 unspecified atom stereocenters. The lowest BCUT2D eigenvalue weighted by atomic mass is 10.0. The third-order valence-corrected chi connectivity index (χ3v) is 8.72. The SMILES string of the molecule is C=CC(=O)OCOc1ccc(-c2ccc(N(c3ccc(-c4ccc(OCOC(=O)C=C)cc4)cc3)c3ccc(-c4ccc(OCOC(=O)C=C)cc4)cc3)cc2)cc1. The molecule has 290 valence electrons. The van der Waals surface area contributed by atoms with E-state index in [1.165, 1.54) is 0 Å². The molecule has 10 heteroatoms. The van der Waals surface area contributed by atoms with Crippen molar-refractivity contribution in [3.63, 3.8) is 0 Å². The first kappa shape index (κ1) is 39.8. The van der Waals surface area contributed by atoms with Crippen molar-refractivity contribution in [2.24, 2.45) is 0 Å². The van der Waals surface area contributed by atoms with E-state index in [4.69, 9.17) is 28.4 Å². The molecular formula is C48H39NO9. The summed E-state index contributed by atoms with van der Waals surface area (Å²) < 4.78 is 31.2. The number of ether oxygens (including phenoxy) is 6. The molecule has 0 spiro atoms. The summed E-state index contributed by atoms with van der Waals surface area (Å²) in [5.41, 5.74) is 8.86. The van der Waals surface area contributed by atoms with Crippen LogP contribution in [0.3, 0.4) is 0 Å². The molecule has 0 aliphatic carbocycles. The predicted octanol–water partition coefficient (Wildman–Crippen LogP) is 10.4. The number of benzene rings is 6. The van der Waals surface area contributed by atoms with E-state index >= 15 is 0 Å². The zero-order valence-corrected chi connectivity index (χ0v) is 31.5. The van der Waals surface area contributed by atoms with Crippen LogP contribution in [0.15, 0.2) is 184 Å². The van der Waals surface area contributed by atoms with Crippen molar-refractivity contribution in [3.8, 4) is 50.6 Å². The molecule has 6 rings (SSSR count). The first-order chi connectivity index (χ1) is 28.3. The summed E-state index contributed by atoms with van der Waals surface area (Å²) in [6.07, 6.45) is 3.26. The highest BCUT2D eigenvalue weighted by molar-refractivity contribution is 5.83. The second kappa shape index (κ2) is 19.7. The molecule has 0 atom stereocenters. The van der Waals surface area contributed by atoms with Gasteiger partial charge in [0, 0.05) is 35.3 Å². The summed E-state index contributed by atoms with van der Waals surface area (Å²) in [6, 6.07) is 47.5. The Balaban J connectivity index is 1.22. The molecule has 0 aliphatic rings. The van der Waals surface area contributed by atoms with Crippen molar-refractivity contribution in [1.29, 1.82) is 0 Å². The number of carbonyl (C=O) groups excluding carboxylic acids is 3. The van der Waals surface area contributed by atoms with Crippen LogP contribution in [0.2, 0.25) is 0 Å². The fraction of sp³-hybridized carbons (Fsp3) is 0.0625. The normalized spacial score (nSPS) is 10.3. The minimum Gasteiger partial charge on any atom is -0.457 e. The van der Waals surface area contributed by atoms with Gasteiger partial charge in [-0.15, -0.1) is 0 Å². The molecule has 6 aromatic carbocycles. The number of nitrogens with zero attached hydrogens (tertiary/aromatic N) is 1. The van der Waals surface area contributed by atoms with Crippen molar-refractivity contribution >= 4 is 35.0 Å². The Hall–Kier alpha value is -7.85. The summed E-state index contributed by atoms with van der Waals surface area (Å²) in [4.78, 5) is 36.1. The van der Waals surface area contributed by atoms with Gasteiger partial charge in [-0.1, -0.05) is 92.5 Å². The molecular weight excluding hydrogens is 735 g/mol. The Kier molecular flexibility index (Phi) is 13.5. The zero-order valence-electron chi connectivity index (χ0n) is 31.5. The van der Waals surface area contributed by atoms with Crippen LogP contribution >= 0.6 is 0 Å². The van der Waals surface area contributed by atoms with Crippen molar-refractivity contribution in [1.82, 2.24) is 0 Å². The molecule has 0 heterocycles. The first-order valence-corrected chi connectivity index (χ1v) is 18.0. The van der Waals surface area contributed by atoms with E-state index in [0.29, 0.717) is 17.2 Å². The van der Waals surface area contributed by atoms with Crippen LogP contribution in [0.1, 0.15) is 0 Å². The second-order valence-electron chi connectivity index (χ2n) is 12.3. The van der Waals surface area contributed by atoms with Crippen LogP contribution in [0.4, 0.5) is 17.1 Å². The predicted molar refractivity (Wildman–Crippen MR) is 223 cm³/mol. The lowest BCUT2D eigenvalue weighted by Gasteiger charge is -2.26. The summed E-state index contributed by atoms with van der Waals surface area (Å²) in [7, 11) is 0. The number of anilines is 3. The largest absolute Gasteiger partial charge is 0.457 e. The molecule has 0 bridgehead atoms. The van der Waals surface area contributed by atoms with E-state index < -0.39 is 17.9 Å². The summed E-state index contributed by atoms with van der Waals surface area (Å²) in [5, 5.41) is 0. The van der Waals surface area contributed by atoms with E-state index in [2.05, 4.69) is 97.4 Å². The van der Waals surface area contributed by atoms with Gasteiger partial charge in [-0.25, -0.2) is 14.4 Å². The van der Waals surface area contributed by atoms with E-state index in [1.54, 1.807) is 0 Å². The number of carbonyl (C=O) groups is 3. The number of hydrogen-bond donors (Lipinski definition) is 0. The quantitative estimate of drug-likeness (QED) is 0.0362. The van der Waals surface area contributed by atoms with Crippen LogP contribution in [0.5, 0.6) is 17.2 Å². The van der Waals surface area contributed by atoms with Gasteiger partial charge >= 0.3 is 17.9 Å². The van der Waals surface area contributed by atoms with Gasteiger partial charge in [-0.05, 0) is 106 Å². The molecule has 0 aliphatic heterocycles. The molecule has 0 radical (unpaired) electrons. The third kappa shape index (κ3) is 10.7. The van der Waals surface area contributed by atoms with Crippen LogP contribution in [-0.4, -0.2) is 38.3 Å². The van der Waals surface area contributed by atoms with Crippen LogP contribution in [0.25, 0.3) is 33.4 Å². The van der Waals surface area contributed by atoms with E-state index in [0.717, 1.165) is 68.7 Å². The maximum Gasteiger partial charge on any atom is 0.333 e. The summed E-state index contributed by atoms with van der Waals surface area (Å²) in [5.74, 6) is 0.0616. The Bertz CT molecular complexity index is 2070. The fourth-order valence-corrected chi connectivity index (χ4v) is 5.73. The molecule has 10 nitrogen and oxygen atoms in total. The molecule has 6 aromatic rings. The maximum atomic E-state index is 11.3. The summed E-state index contributed by atoms with van der Waals surface area (Å²) >= 11 is 0. The Morgan fingerprint density at radius 3 is 0.776 bits per heavy atom. The minimum atomic E-state index is -0.551. The highest BCUT2D eigenvalue weighted by Crippen LogP contribution is 2.38. The van der Waals surface area contributed by atoms with Gasteiger partial charge in [-0.2, -0.15) is 0 Å². The first-order valence-electron chi connectivity index (χ1n) is 18.0. The lowest BCUT2D eigenvalue weighted by Crippen LogP contribution is -2.09. The van der Waals surface area contributed by atoms with Gasteiger partial charge in [0.25, 0.3) is 0 Å². The fourth-order valence-electron chi connectivity index (χ4n) is 5.73. The monoisotopic (exact) mass is 773 g/mol. The Morgan fingerprint density at radius 1 is 0.362 bits per heavy atom. The van der Waals surface area contributed by atoms with E-state index in [-0.39, 0.29) is 20.4 Å². The van der Waals surface area contributed by atoms with Crippen LogP contribution in [0, 0.1) is 0 Å². The van der Waals surface area contributed by atoms with Gasteiger partial charge in [0.05, 0.1) is 0 Å². The lowest BCUT2D eigenvalue weighted by molar-refractivity contribution is -0.145. The molecule has 0 fully saturated rings. The molecule has 58 heavy (non-hydrogen) atoms. The van der Waals surface area contributed by atoms with Gasteiger partial charge in [0.2, 0.25) is 20.4 Å². The number of hydrogen-bond acceptors (Lipinski definition) is 10. The molecule has 0 saturated carbocycles. The Morgan fingerprint density at radius 2 is 0.569 bits per heavy atom. The topological polar surface area (TPSA) is 110 Å². The zero-order chi connectivity index (χ0) is 40.7. The van der Waals surface area contributed by atoms with E-state index in [9.17, 15) is 14.4 Å². The van der Waals surface area contributed by atoms with Crippen molar-refractivity contribution in [2.45, 2.75) is 0 Å². The maximum absolute atomic E-state index is 11.3. The second-order valence-corrected chi connectivity index (χ2v) is 12.3. The van der Waals surface area contributed by atoms with Crippen LogP contribution in [-0.2, 0) is 28.6 Å². The molecule has 0 N–H and O–H groups in total. The summed E-state index contributed by atoms with van der Waals surface area (Å²) in [6.45, 7) is 9.53. The smallest absolute Gasteiger partial charge is 0.333 e. The third-order valence-electron chi connectivity index (χ3n) is 8.72. The van der Waals surface area contributed by atoms with E-state index in [1.807, 2.05) is 72.8 Å². The molecule has 0 saturated heterocycles. The average molecular weight is 774 g/mol. The van der Waals surface area contributed by atoms with Gasteiger partial charge in [-0.3, -0.25) is 0 Å². The van der Waals surface area contributed by atoms with Gasteiger partial charge < -0.3 is 33.3 Å². The van der Waals surface area contributed by atoms with Gasteiger partial charge in [0.15, 0.2) is 0 Å². The van der Waals surface area contributed by atoms with Crippen molar-refractivity contribution in [2.75, 3.05) is 25.3 Å². The highest BCUT2D eigenvalue weighted by atomic mass is 16.7. The standard InChI is InChI=1S/C48H39NO9/c1-4-46(50)56-31-53-43-25-13-37(14-26-43)34-7-19-40(20-8-34)49(41-21-9-35(10-22-41)38-15-27-44(28-16-38)54-32-57-47(51)5-2)42-23-11-36(12-24-42)39-17-29-45(30-18-39)55-33-58-48(52)6-3/h4-30H,1-3,31-33H2. The van der Waals surface area contributed by atoms with Crippen molar-refractivity contribution in [3.05, 3.63) is 184 Å².